The summed E-state index contributed by atoms with van der Waals surface area (Å²) in [6.07, 6.45) is 3.71. The Hall–Kier alpha value is -0.820. The zero-order chi connectivity index (χ0) is 10.2. The highest BCUT2D eigenvalue weighted by atomic mass is 14.7. The Balaban J connectivity index is 2.06. The average molecular weight is 189 g/mol. The zero-order valence-electron chi connectivity index (χ0n) is 9.09. The summed E-state index contributed by atoms with van der Waals surface area (Å²) in [7, 11) is 0. The highest BCUT2D eigenvalue weighted by Gasteiger charge is 2.23. The van der Waals surface area contributed by atoms with Gasteiger partial charge in [0.05, 0.1) is 0 Å². The van der Waals surface area contributed by atoms with Crippen molar-refractivity contribution in [3.63, 3.8) is 0 Å². The van der Waals surface area contributed by atoms with Crippen LogP contribution in [0.25, 0.3) is 0 Å². The van der Waals surface area contributed by atoms with Gasteiger partial charge in [0.2, 0.25) is 0 Å². The van der Waals surface area contributed by atoms with Crippen LogP contribution in [0.15, 0.2) is 24.3 Å². The number of rotatable bonds is 3. The van der Waals surface area contributed by atoms with Crippen LogP contribution in [0, 0.1) is 0 Å². The van der Waals surface area contributed by atoms with Crippen LogP contribution in [0.3, 0.4) is 0 Å². The van der Waals surface area contributed by atoms with Crippen molar-refractivity contribution in [2.45, 2.75) is 44.6 Å². The summed E-state index contributed by atoms with van der Waals surface area (Å²) >= 11 is 0. The van der Waals surface area contributed by atoms with E-state index in [4.69, 9.17) is 5.73 Å². The molecular weight excluding hydrogens is 170 g/mol. The molecule has 0 aliphatic heterocycles. The predicted octanol–water partition coefficient (Wildman–Crippen LogP) is 2.84. The molecule has 1 aliphatic carbocycles. The summed E-state index contributed by atoms with van der Waals surface area (Å²) in [4.78, 5) is 0. The molecule has 1 nitrogen and oxygen atoms in total. The molecule has 0 saturated heterocycles. The van der Waals surface area contributed by atoms with Gasteiger partial charge in [-0.25, -0.2) is 0 Å². The van der Waals surface area contributed by atoms with Gasteiger partial charge in [-0.15, -0.1) is 0 Å². The lowest BCUT2D eigenvalue weighted by atomic mass is 9.95. The van der Waals surface area contributed by atoms with Crippen LogP contribution in [-0.2, 0) is 6.42 Å². The molecule has 1 aliphatic rings. The minimum atomic E-state index is -0.0961. The highest BCUT2D eigenvalue weighted by Crippen LogP contribution is 2.39. The largest absolute Gasteiger partial charge is 0.325 e. The summed E-state index contributed by atoms with van der Waals surface area (Å²) < 4.78 is 0. The standard InChI is InChI=1S/C13H19N/c1-13(2,14)9-10-3-5-11(6-4-10)12-7-8-12/h3-6,12H,7-9,14H2,1-2H3. The second-order valence-electron chi connectivity index (χ2n) is 5.18. The summed E-state index contributed by atoms with van der Waals surface area (Å²) in [5.41, 5.74) is 8.73. The van der Waals surface area contributed by atoms with Crippen molar-refractivity contribution in [1.82, 2.24) is 0 Å². The number of hydrogen-bond donors (Lipinski definition) is 1. The molecule has 1 saturated carbocycles. The molecule has 0 aromatic heterocycles. The van der Waals surface area contributed by atoms with Gasteiger partial charge in [-0.05, 0) is 50.2 Å². The highest BCUT2D eigenvalue weighted by molar-refractivity contribution is 5.28. The van der Waals surface area contributed by atoms with Gasteiger partial charge in [0.25, 0.3) is 0 Å². The van der Waals surface area contributed by atoms with Gasteiger partial charge < -0.3 is 5.73 Å². The Morgan fingerprint density at radius 3 is 2.21 bits per heavy atom. The van der Waals surface area contributed by atoms with Gasteiger partial charge in [-0.2, -0.15) is 0 Å². The van der Waals surface area contributed by atoms with Crippen LogP contribution in [0.2, 0.25) is 0 Å². The van der Waals surface area contributed by atoms with Gasteiger partial charge in [0.15, 0.2) is 0 Å². The minimum Gasteiger partial charge on any atom is -0.325 e. The van der Waals surface area contributed by atoms with Gasteiger partial charge in [-0.1, -0.05) is 24.3 Å². The Kier molecular flexibility index (Phi) is 2.36. The van der Waals surface area contributed by atoms with Crippen LogP contribution in [-0.4, -0.2) is 5.54 Å². The fourth-order valence-electron chi connectivity index (χ4n) is 1.85. The van der Waals surface area contributed by atoms with Crippen LogP contribution < -0.4 is 5.73 Å². The van der Waals surface area contributed by atoms with Crippen LogP contribution in [0.4, 0.5) is 0 Å². The van der Waals surface area contributed by atoms with Gasteiger partial charge in [-0.3, -0.25) is 0 Å². The van der Waals surface area contributed by atoms with Crippen molar-refractivity contribution < 1.29 is 0 Å². The molecule has 0 atom stereocenters. The Morgan fingerprint density at radius 1 is 1.21 bits per heavy atom. The molecule has 0 bridgehead atoms. The van der Waals surface area contributed by atoms with E-state index in [2.05, 4.69) is 38.1 Å². The number of nitrogens with two attached hydrogens (primary N) is 1. The van der Waals surface area contributed by atoms with Crippen molar-refractivity contribution in [3.8, 4) is 0 Å². The number of benzene rings is 1. The third kappa shape index (κ3) is 2.58. The summed E-state index contributed by atoms with van der Waals surface area (Å²) in [5, 5.41) is 0. The van der Waals surface area contributed by atoms with E-state index in [1.54, 1.807) is 0 Å². The van der Waals surface area contributed by atoms with E-state index < -0.39 is 0 Å². The lowest BCUT2D eigenvalue weighted by Gasteiger charge is -2.18. The molecule has 0 unspecified atom stereocenters. The van der Waals surface area contributed by atoms with E-state index in [1.807, 2.05) is 0 Å². The topological polar surface area (TPSA) is 26.0 Å². The zero-order valence-corrected chi connectivity index (χ0v) is 9.09. The Bertz CT molecular complexity index is 301. The van der Waals surface area contributed by atoms with E-state index in [0.717, 1.165) is 12.3 Å². The lowest BCUT2D eigenvalue weighted by molar-refractivity contribution is 0.516. The Morgan fingerprint density at radius 2 is 1.79 bits per heavy atom. The van der Waals surface area contributed by atoms with Gasteiger partial charge >= 0.3 is 0 Å². The molecular formula is C13H19N. The van der Waals surface area contributed by atoms with Crippen LogP contribution in [0.5, 0.6) is 0 Å². The van der Waals surface area contributed by atoms with E-state index in [0.29, 0.717) is 0 Å². The molecule has 0 radical (unpaired) electrons. The first kappa shape index (κ1) is 9.72. The first-order valence-electron chi connectivity index (χ1n) is 5.42. The van der Waals surface area contributed by atoms with Crippen molar-refractivity contribution in [2.75, 3.05) is 0 Å². The second kappa shape index (κ2) is 3.39. The van der Waals surface area contributed by atoms with Crippen molar-refractivity contribution in [3.05, 3.63) is 35.4 Å². The molecule has 0 amide bonds. The summed E-state index contributed by atoms with van der Waals surface area (Å²) in [6.45, 7) is 4.14. The first-order chi connectivity index (χ1) is 6.54. The third-order valence-electron chi connectivity index (χ3n) is 2.69. The fraction of sp³-hybridized carbons (Fsp3) is 0.538. The average Bonchev–Trinajstić information content (AvgIpc) is 2.85. The minimum absolute atomic E-state index is 0.0961. The van der Waals surface area contributed by atoms with E-state index >= 15 is 0 Å². The van der Waals surface area contributed by atoms with E-state index in [-0.39, 0.29) is 5.54 Å². The molecule has 0 spiro atoms. The molecule has 1 heteroatoms. The molecule has 2 rings (SSSR count). The normalized spacial score (nSPS) is 17.1. The lowest BCUT2D eigenvalue weighted by Crippen LogP contribution is -2.34. The SMILES string of the molecule is CC(C)(N)Cc1ccc(C2CC2)cc1. The van der Waals surface area contributed by atoms with Gasteiger partial charge in [0, 0.05) is 5.54 Å². The predicted molar refractivity (Wildman–Crippen MR) is 60.4 cm³/mol. The van der Waals surface area contributed by atoms with E-state index in [1.165, 1.54) is 24.0 Å². The number of hydrogen-bond acceptors (Lipinski definition) is 1. The Labute approximate surface area is 86.3 Å². The van der Waals surface area contributed by atoms with Crippen molar-refractivity contribution in [2.24, 2.45) is 5.73 Å². The van der Waals surface area contributed by atoms with Crippen molar-refractivity contribution >= 4 is 0 Å². The van der Waals surface area contributed by atoms with Crippen LogP contribution >= 0.6 is 0 Å². The monoisotopic (exact) mass is 189 g/mol. The molecule has 1 aromatic rings. The van der Waals surface area contributed by atoms with E-state index in [9.17, 15) is 0 Å². The fourth-order valence-corrected chi connectivity index (χ4v) is 1.85. The maximum Gasteiger partial charge on any atom is 0.0138 e. The summed E-state index contributed by atoms with van der Waals surface area (Å²) in [5.74, 6) is 0.856. The third-order valence-corrected chi connectivity index (χ3v) is 2.69. The molecule has 2 N–H and O–H groups in total. The van der Waals surface area contributed by atoms with Crippen molar-refractivity contribution in [1.29, 1.82) is 0 Å². The second-order valence-corrected chi connectivity index (χ2v) is 5.18. The smallest absolute Gasteiger partial charge is 0.0138 e. The van der Waals surface area contributed by atoms with Gasteiger partial charge in [0.1, 0.15) is 0 Å². The molecule has 0 heterocycles. The molecule has 1 aromatic carbocycles. The maximum absolute atomic E-state index is 5.98. The molecule has 1 fully saturated rings. The first-order valence-corrected chi connectivity index (χ1v) is 5.42. The quantitative estimate of drug-likeness (QED) is 0.777. The maximum atomic E-state index is 5.98. The van der Waals surface area contributed by atoms with Crippen LogP contribution in [0.1, 0.15) is 43.7 Å². The molecule has 14 heavy (non-hydrogen) atoms. The summed E-state index contributed by atoms with van der Waals surface area (Å²) in [6, 6.07) is 8.97. The molecule has 76 valence electrons.